The van der Waals surface area contributed by atoms with Crippen LogP contribution in [0.2, 0.25) is 0 Å². The predicted molar refractivity (Wildman–Crippen MR) is 381 cm³/mol. The second-order valence-corrected chi connectivity index (χ2v) is 24.5. The highest BCUT2D eigenvalue weighted by Gasteiger charge is 2.49. The molecule has 0 amide bonds. The molecule has 12 aromatic carbocycles. The Kier molecular flexibility index (Phi) is 12.7. The SMILES string of the molecule is C=C/C=C\C=C(/C)N(c1ccccc1)c1cc2c3c(c1)Oc1cc4c(cc1B3c1cc3c(cc1O2)N(c1ccccc1)c1cc(N(c2ccccc2)c2ccccc2)cc2c1B3c1ccccc1N2c1ccccc1)C(C)(C)c1ccccc1N4c1ccccc1. The van der Waals surface area contributed by atoms with Crippen molar-refractivity contribution >= 4 is 126 Å². The van der Waals surface area contributed by atoms with Crippen LogP contribution < -0.4 is 66.8 Å². The molecule has 0 bridgehead atoms. The molecule has 17 rings (SSSR count). The number of rotatable bonds is 11. The van der Waals surface area contributed by atoms with Gasteiger partial charge in [0.15, 0.2) is 0 Å². The van der Waals surface area contributed by atoms with Crippen molar-refractivity contribution in [2.45, 2.75) is 26.2 Å². The van der Waals surface area contributed by atoms with Gasteiger partial charge in [0.05, 0.1) is 22.7 Å². The quantitative estimate of drug-likeness (QED) is 0.0943. The standard InChI is InChI=1S/C82H61B2N5O2/c1-5-6-13-30-55(2)85(56-31-14-7-15-32-56)63-49-78-81-79(50-63)91-77-54-73-67(52-69(77)84(81)68-51-65-72(53-76(68)90-78)87(59-37-20-10-21-38-59)70-45-28-26-43-64(70)82(65,3)4)83-66-44-27-29-46-71(66)88(60-39-22-11-23-40-60)74-47-62(48-75(80(74)83)89(73)61-41-24-12-25-42-61)86(57-33-16-8-17-34-57)58-35-18-9-19-36-58/h5-54H,1H2,2-4H3/b13-6-,55-30+. The van der Waals surface area contributed by atoms with Crippen LogP contribution in [0.5, 0.6) is 23.0 Å². The molecule has 0 fully saturated rings. The largest absolute Gasteiger partial charge is 0.458 e. The minimum Gasteiger partial charge on any atom is -0.458 e. The van der Waals surface area contributed by atoms with Crippen LogP contribution in [0.4, 0.5) is 79.6 Å². The summed E-state index contributed by atoms with van der Waals surface area (Å²) in [7, 11) is 0. The van der Waals surface area contributed by atoms with Crippen molar-refractivity contribution in [3.8, 4) is 23.0 Å². The average molecular weight is 1170 g/mol. The number of hydrogen-bond donors (Lipinski definition) is 0. The first kappa shape index (κ1) is 53.8. The molecule has 0 spiro atoms. The summed E-state index contributed by atoms with van der Waals surface area (Å²) in [5.74, 6) is 3.09. The Balaban J connectivity index is 0.950. The lowest BCUT2D eigenvalue weighted by Crippen LogP contribution is -2.64. The van der Waals surface area contributed by atoms with Gasteiger partial charge in [0, 0.05) is 97.7 Å². The molecule has 0 radical (unpaired) electrons. The number of benzene rings is 12. The van der Waals surface area contributed by atoms with E-state index in [0.717, 1.165) is 125 Å². The summed E-state index contributed by atoms with van der Waals surface area (Å²) in [6.45, 7) is 10.4. The van der Waals surface area contributed by atoms with Gasteiger partial charge in [-0.2, -0.15) is 0 Å². The van der Waals surface area contributed by atoms with Crippen molar-refractivity contribution in [2.75, 3.05) is 24.5 Å². The fourth-order valence-corrected chi connectivity index (χ4v) is 15.0. The van der Waals surface area contributed by atoms with Crippen molar-refractivity contribution in [1.29, 1.82) is 0 Å². The Hall–Kier alpha value is -11.4. The first-order chi connectivity index (χ1) is 44.8. The van der Waals surface area contributed by atoms with Crippen LogP contribution in [0.1, 0.15) is 31.9 Å². The van der Waals surface area contributed by atoms with Gasteiger partial charge in [-0.25, -0.2) is 0 Å². The Labute approximate surface area is 532 Å². The maximum atomic E-state index is 7.68. The maximum absolute atomic E-state index is 7.68. The lowest BCUT2D eigenvalue weighted by Gasteiger charge is -2.46. The van der Waals surface area contributed by atoms with E-state index in [1.54, 1.807) is 6.08 Å². The lowest BCUT2D eigenvalue weighted by atomic mass is 9.30. The van der Waals surface area contributed by atoms with Gasteiger partial charge in [-0.05, 0) is 149 Å². The zero-order valence-corrected chi connectivity index (χ0v) is 50.8. The fraction of sp³-hybridized carbons (Fsp3) is 0.0488. The van der Waals surface area contributed by atoms with E-state index in [0.29, 0.717) is 0 Å². The van der Waals surface area contributed by atoms with Crippen LogP contribution in [0.15, 0.2) is 316 Å². The van der Waals surface area contributed by atoms with E-state index in [-0.39, 0.29) is 18.8 Å². The first-order valence-electron chi connectivity index (χ1n) is 31.3. The van der Waals surface area contributed by atoms with Crippen LogP contribution in [0, 0.1) is 0 Å². The number of para-hydroxylation sites is 8. The van der Waals surface area contributed by atoms with Gasteiger partial charge in [0.1, 0.15) is 23.0 Å². The number of hydrogen-bond acceptors (Lipinski definition) is 7. The molecule has 432 valence electrons. The number of allylic oxidation sites excluding steroid dienone is 5. The number of nitrogens with zero attached hydrogens (tertiary/aromatic N) is 5. The minimum absolute atomic E-state index is 0.192. The summed E-state index contributed by atoms with van der Waals surface area (Å²) < 4.78 is 15.2. The van der Waals surface area contributed by atoms with Crippen LogP contribution >= 0.6 is 0 Å². The van der Waals surface area contributed by atoms with E-state index in [1.165, 1.54) is 27.5 Å². The fourth-order valence-electron chi connectivity index (χ4n) is 15.0. The molecule has 9 heteroatoms. The third kappa shape index (κ3) is 8.60. The molecule has 0 atom stereocenters. The van der Waals surface area contributed by atoms with Crippen molar-refractivity contribution < 1.29 is 9.47 Å². The van der Waals surface area contributed by atoms with E-state index >= 15 is 0 Å². The third-order valence-electron chi connectivity index (χ3n) is 18.9. The topological polar surface area (TPSA) is 34.7 Å². The Morgan fingerprint density at radius 1 is 0.374 bits per heavy atom. The van der Waals surface area contributed by atoms with Crippen LogP contribution in [0.25, 0.3) is 0 Å². The Morgan fingerprint density at radius 2 is 0.835 bits per heavy atom. The monoisotopic (exact) mass is 1170 g/mol. The second kappa shape index (κ2) is 21.4. The lowest BCUT2D eigenvalue weighted by molar-refractivity contribution is 0.464. The Morgan fingerprint density at radius 3 is 1.41 bits per heavy atom. The van der Waals surface area contributed by atoms with Crippen molar-refractivity contribution in [3.63, 3.8) is 0 Å². The van der Waals surface area contributed by atoms with Crippen LogP contribution in [-0.4, -0.2) is 13.4 Å². The Bertz CT molecular complexity index is 4890. The smallest absolute Gasteiger partial charge is 0.260 e. The molecular weight excluding hydrogens is 1110 g/mol. The molecule has 12 aromatic rings. The van der Waals surface area contributed by atoms with Crippen molar-refractivity contribution in [3.05, 3.63) is 327 Å². The van der Waals surface area contributed by atoms with E-state index in [1.807, 2.05) is 12.2 Å². The molecule has 5 aliphatic heterocycles. The minimum atomic E-state index is -0.384. The van der Waals surface area contributed by atoms with Crippen molar-refractivity contribution in [2.24, 2.45) is 0 Å². The van der Waals surface area contributed by atoms with Gasteiger partial charge in [0.2, 0.25) is 0 Å². The van der Waals surface area contributed by atoms with Gasteiger partial charge >= 0.3 is 0 Å². The molecule has 0 saturated heterocycles. The van der Waals surface area contributed by atoms with Gasteiger partial charge in [-0.1, -0.05) is 196 Å². The summed E-state index contributed by atoms with van der Waals surface area (Å²) in [6.07, 6.45) is 7.92. The molecule has 91 heavy (non-hydrogen) atoms. The van der Waals surface area contributed by atoms with Crippen molar-refractivity contribution in [1.82, 2.24) is 0 Å². The zero-order valence-electron chi connectivity index (χ0n) is 50.8. The number of anilines is 14. The summed E-state index contributed by atoms with van der Waals surface area (Å²) in [4.78, 5) is 12.1. The van der Waals surface area contributed by atoms with Gasteiger partial charge < -0.3 is 34.0 Å². The summed E-state index contributed by atoms with van der Waals surface area (Å²) in [5, 5.41) is 0. The molecule has 7 nitrogen and oxygen atoms in total. The zero-order chi connectivity index (χ0) is 60.9. The molecule has 0 saturated carbocycles. The molecule has 0 N–H and O–H groups in total. The third-order valence-corrected chi connectivity index (χ3v) is 18.9. The molecule has 5 aliphatic rings. The number of ether oxygens (including phenoxy) is 2. The summed E-state index contributed by atoms with van der Waals surface area (Å²) in [6, 6.07) is 101. The average Bonchev–Trinajstić information content (AvgIpc) is 0.702. The van der Waals surface area contributed by atoms with Crippen LogP contribution in [0.3, 0.4) is 0 Å². The van der Waals surface area contributed by atoms with E-state index in [4.69, 9.17) is 9.47 Å². The number of fused-ring (bicyclic) bond motifs is 10. The van der Waals surface area contributed by atoms with E-state index < -0.39 is 0 Å². The molecule has 0 aromatic heterocycles. The summed E-state index contributed by atoms with van der Waals surface area (Å²) >= 11 is 0. The first-order valence-corrected chi connectivity index (χ1v) is 31.3. The van der Waals surface area contributed by atoms with E-state index in [9.17, 15) is 0 Å². The maximum Gasteiger partial charge on any atom is 0.260 e. The van der Waals surface area contributed by atoms with Crippen LogP contribution in [-0.2, 0) is 5.41 Å². The predicted octanol–water partition coefficient (Wildman–Crippen LogP) is 17.9. The summed E-state index contributed by atoms with van der Waals surface area (Å²) in [5.41, 5.74) is 24.8. The highest BCUT2D eigenvalue weighted by atomic mass is 16.5. The normalized spacial score (nSPS) is 14.1. The van der Waals surface area contributed by atoms with Gasteiger partial charge in [0.25, 0.3) is 13.4 Å². The second-order valence-electron chi connectivity index (χ2n) is 24.5. The molecule has 0 unspecified atom stereocenters. The highest BCUT2D eigenvalue weighted by molar-refractivity contribution is 7.02. The van der Waals surface area contributed by atoms with E-state index in [2.05, 4.69) is 337 Å². The van der Waals surface area contributed by atoms with Gasteiger partial charge in [-0.3, -0.25) is 0 Å². The molecule has 5 heterocycles. The molecule has 0 aliphatic carbocycles. The van der Waals surface area contributed by atoms with Gasteiger partial charge in [-0.15, -0.1) is 0 Å². The molecular formula is C82H61B2N5O2. The highest BCUT2D eigenvalue weighted by Crippen LogP contribution is 2.55.